The highest BCUT2D eigenvalue weighted by Gasteiger charge is 2.40. The first kappa shape index (κ1) is 36.4. The lowest BCUT2D eigenvalue weighted by Gasteiger charge is -2.38. The summed E-state index contributed by atoms with van der Waals surface area (Å²) >= 11 is 0. The number of fused-ring (bicyclic) bond motifs is 3. The highest BCUT2D eigenvalue weighted by Crippen LogP contribution is 2.38. The van der Waals surface area contributed by atoms with Crippen molar-refractivity contribution in [1.82, 2.24) is 24.5 Å². The van der Waals surface area contributed by atoms with Crippen molar-refractivity contribution in [2.75, 3.05) is 32.3 Å². The molecule has 53 heavy (non-hydrogen) atoms. The Morgan fingerprint density at radius 2 is 1.51 bits per heavy atom. The Balaban J connectivity index is 1.21. The molecule has 0 spiro atoms. The molecule has 2 saturated heterocycles. The number of aromatic nitrogens is 4. The first-order chi connectivity index (χ1) is 25.9. The van der Waals surface area contributed by atoms with Gasteiger partial charge in [0.25, 0.3) is 0 Å². The van der Waals surface area contributed by atoms with Crippen molar-refractivity contribution < 1.29 is 28.4 Å². The Bertz CT molecular complexity index is 1910. The maximum Gasteiger partial charge on any atom is 0.336 e. The summed E-state index contributed by atoms with van der Waals surface area (Å²) in [5, 5.41) is 16.4. The number of piperidine rings is 1. The zero-order chi connectivity index (χ0) is 36.9. The number of imidazole rings is 1. The fourth-order valence-corrected chi connectivity index (χ4v) is 7.73. The monoisotopic (exact) mass is 724 g/mol. The molecular formula is C41H49FN6O5. The molecule has 2 aliphatic rings. The predicted molar refractivity (Wildman–Crippen MR) is 200 cm³/mol. The molecule has 0 aliphatic carbocycles. The van der Waals surface area contributed by atoms with E-state index in [1.54, 1.807) is 26.4 Å². The number of benzene rings is 3. The van der Waals surface area contributed by atoms with Gasteiger partial charge in [-0.25, -0.2) is 13.9 Å². The van der Waals surface area contributed by atoms with Crippen LogP contribution in [0.2, 0.25) is 0 Å². The first-order valence-corrected chi connectivity index (χ1v) is 18.7. The predicted octanol–water partition coefficient (Wildman–Crippen LogP) is 7.14. The zero-order valence-electron chi connectivity index (χ0n) is 31.0. The Hall–Kier alpha value is -4.94. The summed E-state index contributed by atoms with van der Waals surface area (Å²) in [6.45, 7) is 6.70. The summed E-state index contributed by atoms with van der Waals surface area (Å²) < 4.78 is 40.5. The number of methoxy groups -OCH3 is 2. The van der Waals surface area contributed by atoms with Crippen molar-refractivity contribution in [3.8, 4) is 23.3 Å². The van der Waals surface area contributed by atoms with Crippen LogP contribution in [0.5, 0.6) is 23.3 Å². The van der Waals surface area contributed by atoms with E-state index < -0.39 is 11.9 Å². The van der Waals surface area contributed by atoms with Crippen LogP contribution in [0.3, 0.4) is 0 Å². The third-order valence-electron chi connectivity index (χ3n) is 10.5. The lowest BCUT2D eigenvalue weighted by molar-refractivity contribution is 0.0528. The van der Waals surface area contributed by atoms with Gasteiger partial charge in [-0.1, -0.05) is 44.5 Å². The van der Waals surface area contributed by atoms with Crippen LogP contribution in [0.15, 0.2) is 72.9 Å². The largest absolute Gasteiger partial charge is 0.497 e. The highest BCUT2D eigenvalue weighted by atomic mass is 19.1. The molecule has 1 N–H and O–H groups in total. The number of ether oxygens (including phenoxy) is 4. The minimum Gasteiger partial charge on any atom is -0.497 e. The van der Waals surface area contributed by atoms with E-state index in [9.17, 15) is 5.11 Å². The second-order valence-corrected chi connectivity index (χ2v) is 13.9. The molecule has 11 nitrogen and oxygen atoms in total. The lowest BCUT2D eigenvalue weighted by Crippen LogP contribution is -2.46. The third kappa shape index (κ3) is 8.03. The molecule has 3 aromatic carbocycles. The van der Waals surface area contributed by atoms with Crippen LogP contribution in [0, 0.1) is 5.82 Å². The average Bonchev–Trinajstić information content (AvgIpc) is 3.71. The summed E-state index contributed by atoms with van der Waals surface area (Å²) in [6.07, 6.45) is 6.21. The van der Waals surface area contributed by atoms with Gasteiger partial charge in [-0.15, -0.1) is 5.10 Å². The van der Waals surface area contributed by atoms with Crippen molar-refractivity contribution in [3.05, 3.63) is 101 Å². The highest BCUT2D eigenvalue weighted by molar-refractivity contribution is 5.65. The van der Waals surface area contributed by atoms with Gasteiger partial charge in [0.05, 0.1) is 32.7 Å². The molecule has 12 heteroatoms. The van der Waals surface area contributed by atoms with Crippen LogP contribution in [-0.2, 0) is 13.1 Å². The summed E-state index contributed by atoms with van der Waals surface area (Å²) in [6, 6.07) is 21.6. The van der Waals surface area contributed by atoms with Gasteiger partial charge in [-0.05, 0) is 86.2 Å². The number of nitrogens with zero attached hydrogens (tertiary/aromatic N) is 6. The van der Waals surface area contributed by atoms with E-state index in [1.165, 1.54) is 29.6 Å². The van der Waals surface area contributed by atoms with Gasteiger partial charge in [0.1, 0.15) is 35.3 Å². The summed E-state index contributed by atoms with van der Waals surface area (Å²) in [4.78, 5) is 14.2. The number of halogens is 1. The van der Waals surface area contributed by atoms with Gasteiger partial charge in [-0.2, -0.15) is 4.98 Å². The first-order valence-electron chi connectivity index (χ1n) is 18.7. The third-order valence-corrected chi connectivity index (χ3v) is 10.5. The molecule has 2 fully saturated rings. The van der Waals surface area contributed by atoms with E-state index in [0.717, 1.165) is 54.9 Å². The molecule has 2 bridgehead atoms. The van der Waals surface area contributed by atoms with Gasteiger partial charge in [0, 0.05) is 36.8 Å². The molecule has 2 aromatic heterocycles. The molecule has 2 aliphatic heterocycles. The van der Waals surface area contributed by atoms with Crippen molar-refractivity contribution in [2.24, 2.45) is 0 Å². The van der Waals surface area contributed by atoms with Gasteiger partial charge in [0.15, 0.2) is 11.5 Å². The van der Waals surface area contributed by atoms with Crippen LogP contribution < -0.4 is 23.8 Å². The van der Waals surface area contributed by atoms with E-state index >= 15 is 4.39 Å². The van der Waals surface area contributed by atoms with Gasteiger partial charge in [0.2, 0.25) is 0 Å². The topological polar surface area (TPSA) is 107 Å². The molecule has 0 radical (unpaired) electrons. The Morgan fingerprint density at radius 3 is 2.08 bits per heavy atom. The summed E-state index contributed by atoms with van der Waals surface area (Å²) in [7, 11) is 3.28. The SMILES string of the molecule is CCCCOc1nc(N(Cc2ccc(OC)cc2)Cc2ccc(OC)cc2)c2ncc(C(O)c3ccc(OC4C[C@H]5CC[C@@H](C4)N5CC)cc3F)n2n1. The Morgan fingerprint density at radius 1 is 0.887 bits per heavy atom. The second kappa shape index (κ2) is 16.4. The fraction of sp³-hybridized carbons (Fsp3) is 0.439. The van der Waals surface area contributed by atoms with E-state index in [2.05, 4.69) is 28.7 Å². The van der Waals surface area contributed by atoms with E-state index in [4.69, 9.17) is 28.9 Å². The van der Waals surface area contributed by atoms with Crippen LogP contribution in [0.1, 0.15) is 80.9 Å². The van der Waals surface area contributed by atoms with Crippen molar-refractivity contribution in [1.29, 1.82) is 0 Å². The van der Waals surface area contributed by atoms with Gasteiger partial charge in [-0.3, -0.25) is 4.90 Å². The molecular weight excluding hydrogens is 675 g/mol. The molecule has 280 valence electrons. The van der Waals surface area contributed by atoms with Crippen molar-refractivity contribution in [3.63, 3.8) is 0 Å². The standard InChI is InChI=1S/C41H49FN6O5/c1-5-7-20-52-41-44-40(46(25-27-8-14-31(50-3)15-9-27)26-28-10-16-32(51-4)17-11-28)39-43-24-37(48(39)45-41)38(49)35-19-18-33(23-36(35)42)53-34-21-29-12-13-30(22-34)47(29)6-2/h8-11,14-19,23-24,29-30,34,38,49H,5-7,12-13,20-22,25-26H2,1-4H3/t29-,30+,34?,38?. The number of hydrogen-bond donors (Lipinski definition) is 1. The molecule has 4 heterocycles. The number of hydrogen-bond acceptors (Lipinski definition) is 10. The fourth-order valence-electron chi connectivity index (χ4n) is 7.73. The Labute approximate surface area is 310 Å². The normalized spacial score (nSPS) is 18.9. The molecule has 2 unspecified atom stereocenters. The number of unbranched alkanes of at least 4 members (excludes halogenated alkanes) is 1. The summed E-state index contributed by atoms with van der Waals surface area (Å²) in [5.74, 6) is 1.93. The smallest absolute Gasteiger partial charge is 0.336 e. The minimum absolute atomic E-state index is 0.0456. The molecule has 7 rings (SSSR count). The number of aliphatic hydroxyl groups is 1. The summed E-state index contributed by atoms with van der Waals surface area (Å²) in [5.41, 5.74) is 2.82. The van der Waals surface area contributed by atoms with E-state index in [-0.39, 0.29) is 23.4 Å². The maximum absolute atomic E-state index is 15.9. The Kier molecular flexibility index (Phi) is 11.3. The number of aliphatic hydroxyl groups excluding tert-OH is 1. The molecule has 5 aromatic rings. The van der Waals surface area contributed by atoms with E-state index in [1.807, 2.05) is 48.5 Å². The van der Waals surface area contributed by atoms with Gasteiger partial charge >= 0.3 is 6.01 Å². The van der Waals surface area contributed by atoms with Crippen LogP contribution in [0.25, 0.3) is 5.65 Å². The maximum atomic E-state index is 15.9. The van der Waals surface area contributed by atoms with Crippen LogP contribution in [-0.4, -0.2) is 75.1 Å². The van der Waals surface area contributed by atoms with Gasteiger partial charge < -0.3 is 29.0 Å². The van der Waals surface area contributed by atoms with Crippen molar-refractivity contribution in [2.45, 2.75) is 89.8 Å². The second-order valence-electron chi connectivity index (χ2n) is 13.9. The van der Waals surface area contributed by atoms with Crippen LogP contribution in [0.4, 0.5) is 10.2 Å². The lowest BCUT2D eigenvalue weighted by atomic mass is 9.99. The average molecular weight is 725 g/mol. The number of anilines is 1. The zero-order valence-corrected chi connectivity index (χ0v) is 31.0. The van der Waals surface area contributed by atoms with Crippen LogP contribution >= 0.6 is 0 Å². The molecule has 0 saturated carbocycles. The molecule has 0 amide bonds. The van der Waals surface area contributed by atoms with Crippen molar-refractivity contribution >= 4 is 11.5 Å². The number of rotatable bonds is 16. The minimum atomic E-state index is -1.37. The molecule has 4 atom stereocenters. The quantitative estimate of drug-likeness (QED) is 0.106. The van der Waals surface area contributed by atoms with E-state index in [0.29, 0.717) is 49.0 Å².